The monoisotopic (exact) mass is 427 g/mol. The molecule has 1 amide bonds. The van der Waals surface area contributed by atoms with E-state index < -0.39 is 5.97 Å². The lowest BCUT2D eigenvalue weighted by Gasteiger charge is -2.16. The number of rotatable bonds is 7. The van der Waals surface area contributed by atoms with Crippen LogP contribution in [-0.4, -0.2) is 44.7 Å². The van der Waals surface area contributed by atoms with Crippen molar-refractivity contribution in [1.82, 2.24) is 4.90 Å². The largest absolute Gasteiger partial charge is 0.495 e. The molecular weight excluding hydrogens is 410 g/mol. The first-order valence-electron chi connectivity index (χ1n) is 7.30. The number of esters is 1. The summed E-state index contributed by atoms with van der Waals surface area (Å²) in [6.07, 6.45) is 0. The van der Waals surface area contributed by atoms with Gasteiger partial charge in [-0.3, -0.25) is 4.79 Å². The van der Waals surface area contributed by atoms with Gasteiger partial charge in [0.1, 0.15) is 16.0 Å². The summed E-state index contributed by atoms with van der Waals surface area (Å²) in [5.74, 6) is -0.0311. The molecule has 0 fully saturated rings. The fraction of sp³-hybridized carbons (Fsp3) is 0.294. The molecule has 1 heterocycles. The van der Waals surface area contributed by atoms with Crippen molar-refractivity contribution in [1.29, 1.82) is 0 Å². The Kier molecular flexibility index (Phi) is 6.83. The maximum absolute atomic E-state index is 12.2. The summed E-state index contributed by atoms with van der Waals surface area (Å²) < 4.78 is 16.1. The van der Waals surface area contributed by atoms with Crippen LogP contribution in [0.3, 0.4) is 0 Å². The number of halogens is 1. The first kappa shape index (κ1) is 19.3. The molecule has 0 saturated carbocycles. The molecule has 2 aromatic rings. The predicted molar refractivity (Wildman–Crippen MR) is 98.3 cm³/mol. The fourth-order valence-corrected chi connectivity index (χ4v) is 3.27. The maximum Gasteiger partial charge on any atom is 0.338 e. The second-order valence-electron chi connectivity index (χ2n) is 5.15. The summed E-state index contributed by atoms with van der Waals surface area (Å²) in [7, 11) is 4.63. The van der Waals surface area contributed by atoms with E-state index in [-0.39, 0.29) is 18.1 Å². The SMILES string of the molecule is COc1cc(C(=O)OCC(=O)N(C)Cc2ccsc2)cc(OC)c1Br. The van der Waals surface area contributed by atoms with Crippen molar-refractivity contribution in [2.45, 2.75) is 6.54 Å². The third kappa shape index (κ3) is 4.96. The average Bonchev–Trinajstić information content (AvgIpc) is 3.12. The van der Waals surface area contributed by atoms with Crippen LogP contribution in [0.4, 0.5) is 0 Å². The van der Waals surface area contributed by atoms with Gasteiger partial charge in [-0.1, -0.05) is 0 Å². The van der Waals surface area contributed by atoms with Crippen molar-refractivity contribution >= 4 is 39.1 Å². The Balaban J connectivity index is 1.98. The van der Waals surface area contributed by atoms with Crippen molar-refractivity contribution in [2.24, 2.45) is 0 Å². The first-order valence-corrected chi connectivity index (χ1v) is 9.03. The highest BCUT2D eigenvalue weighted by Crippen LogP contribution is 2.35. The molecule has 0 N–H and O–H groups in total. The van der Waals surface area contributed by atoms with Gasteiger partial charge in [-0.05, 0) is 50.5 Å². The van der Waals surface area contributed by atoms with E-state index in [4.69, 9.17) is 14.2 Å². The van der Waals surface area contributed by atoms with Crippen LogP contribution in [0.15, 0.2) is 33.4 Å². The van der Waals surface area contributed by atoms with E-state index in [2.05, 4.69) is 15.9 Å². The summed E-state index contributed by atoms with van der Waals surface area (Å²) in [6, 6.07) is 4.99. The van der Waals surface area contributed by atoms with E-state index in [0.29, 0.717) is 22.5 Å². The topological polar surface area (TPSA) is 65.1 Å². The van der Waals surface area contributed by atoms with Gasteiger partial charge in [0.05, 0.1) is 19.8 Å². The van der Waals surface area contributed by atoms with E-state index in [9.17, 15) is 9.59 Å². The quantitative estimate of drug-likeness (QED) is 0.633. The highest BCUT2D eigenvalue weighted by molar-refractivity contribution is 9.10. The number of amides is 1. The van der Waals surface area contributed by atoms with Gasteiger partial charge in [0.2, 0.25) is 0 Å². The average molecular weight is 428 g/mol. The van der Waals surface area contributed by atoms with E-state index in [1.165, 1.54) is 31.3 Å². The molecule has 134 valence electrons. The van der Waals surface area contributed by atoms with Crippen LogP contribution in [-0.2, 0) is 16.1 Å². The number of methoxy groups -OCH3 is 2. The molecule has 8 heteroatoms. The summed E-state index contributed by atoms with van der Waals surface area (Å²) in [5, 5.41) is 3.91. The lowest BCUT2D eigenvalue weighted by molar-refractivity contribution is -0.133. The molecule has 0 unspecified atom stereocenters. The molecule has 0 spiro atoms. The predicted octanol–water partition coefficient (Wildman–Crippen LogP) is 3.34. The summed E-state index contributed by atoms with van der Waals surface area (Å²) in [4.78, 5) is 25.8. The molecule has 0 aliphatic carbocycles. The van der Waals surface area contributed by atoms with Gasteiger partial charge in [-0.15, -0.1) is 0 Å². The highest BCUT2D eigenvalue weighted by atomic mass is 79.9. The number of ether oxygens (including phenoxy) is 3. The smallest absolute Gasteiger partial charge is 0.338 e. The Bertz CT molecular complexity index is 722. The molecular formula is C17H18BrNO5S. The maximum atomic E-state index is 12.2. The van der Waals surface area contributed by atoms with Gasteiger partial charge in [0, 0.05) is 13.6 Å². The lowest BCUT2D eigenvalue weighted by atomic mass is 10.2. The normalized spacial score (nSPS) is 10.2. The number of thiophene rings is 1. The van der Waals surface area contributed by atoms with Gasteiger partial charge in [-0.2, -0.15) is 11.3 Å². The molecule has 0 aliphatic rings. The van der Waals surface area contributed by atoms with Gasteiger partial charge in [-0.25, -0.2) is 4.79 Å². The third-order valence-electron chi connectivity index (χ3n) is 3.43. The van der Waals surface area contributed by atoms with Crippen LogP contribution in [0.5, 0.6) is 11.5 Å². The molecule has 2 rings (SSSR count). The Morgan fingerprint density at radius 2 is 1.84 bits per heavy atom. The molecule has 1 aromatic heterocycles. The number of nitrogens with zero attached hydrogens (tertiary/aromatic N) is 1. The van der Waals surface area contributed by atoms with Crippen LogP contribution < -0.4 is 9.47 Å². The Morgan fingerprint density at radius 1 is 1.20 bits per heavy atom. The number of hydrogen-bond donors (Lipinski definition) is 0. The second kappa shape index (κ2) is 8.87. The number of carbonyl (C=O) groups excluding carboxylic acids is 2. The van der Waals surface area contributed by atoms with Crippen molar-refractivity contribution in [3.8, 4) is 11.5 Å². The third-order valence-corrected chi connectivity index (χ3v) is 4.95. The van der Waals surface area contributed by atoms with Crippen molar-refractivity contribution in [2.75, 3.05) is 27.9 Å². The minimum atomic E-state index is -0.624. The van der Waals surface area contributed by atoms with Crippen LogP contribution in [0.25, 0.3) is 0 Å². The number of carbonyl (C=O) groups is 2. The van der Waals surface area contributed by atoms with Crippen molar-refractivity contribution in [3.63, 3.8) is 0 Å². The van der Waals surface area contributed by atoms with Crippen molar-refractivity contribution < 1.29 is 23.8 Å². The van der Waals surface area contributed by atoms with E-state index in [0.717, 1.165) is 5.56 Å². The highest BCUT2D eigenvalue weighted by Gasteiger charge is 2.18. The Hall–Kier alpha value is -2.06. The zero-order chi connectivity index (χ0) is 18.4. The molecule has 25 heavy (non-hydrogen) atoms. The van der Waals surface area contributed by atoms with Gasteiger partial charge in [0.15, 0.2) is 6.61 Å². The number of benzene rings is 1. The molecule has 0 radical (unpaired) electrons. The molecule has 6 nitrogen and oxygen atoms in total. The standard InChI is InChI=1S/C17H18BrNO5S/c1-19(8-11-4-5-25-10-11)15(20)9-24-17(21)12-6-13(22-2)16(18)14(7-12)23-3/h4-7,10H,8-9H2,1-3H3. The zero-order valence-corrected chi connectivity index (χ0v) is 16.5. The van der Waals surface area contributed by atoms with Crippen molar-refractivity contribution in [3.05, 3.63) is 44.6 Å². The molecule has 0 atom stereocenters. The minimum absolute atomic E-state index is 0.241. The summed E-state index contributed by atoms with van der Waals surface area (Å²) in [5.41, 5.74) is 1.28. The number of hydrogen-bond acceptors (Lipinski definition) is 6. The van der Waals surface area contributed by atoms with Gasteiger partial charge >= 0.3 is 5.97 Å². The Morgan fingerprint density at radius 3 is 2.36 bits per heavy atom. The molecule has 0 aliphatic heterocycles. The lowest BCUT2D eigenvalue weighted by Crippen LogP contribution is -2.30. The fourth-order valence-electron chi connectivity index (χ4n) is 2.05. The second-order valence-corrected chi connectivity index (χ2v) is 6.73. The molecule has 0 saturated heterocycles. The molecule has 0 bridgehead atoms. The molecule has 1 aromatic carbocycles. The minimum Gasteiger partial charge on any atom is -0.495 e. The van der Waals surface area contributed by atoms with Crippen LogP contribution >= 0.6 is 27.3 Å². The van der Waals surface area contributed by atoms with Crippen LogP contribution in [0.2, 0.25) is 0 Å². The Labute approximate surface area is 158 Å². The van der Waals surface area contributed by atoms with E-state index in [1.807, 2.05) is 16.8 Å². The summed E-state index contributed by atoms with van der Waals surface area (Å²) in [6.45, 7) is 0.139. The first-order chi connectivity index (χ1) is 12.0. The van der Waals surface area contributed by atoms with Crippen LogP contribution in [0.1, 0.15) is 15.9 Å². The van der Waals surface area contributed by atoms with E-state index in [1.54, 1.807) is 18.4 Å². The summed E-state index contributed by atoms with van der Waals surface area (Å²) >= 11 is 4.90. The number of likely N-dealkylation sites (N-methyl/N-ethyl adjacent to an activating group) is 1. The zero-order valence-electron chi connectivity index (χ0n) is 14.1. The van der Waals surface area contributed by atoms with Crippen LogP contribution in [0, 0.1) is 0 Å². The van der Waals surface area contributed by atoms with Gasteiger partial charge in [0.25, 0.3) is 5.91 Å². The van der Waals surface area contributed by atoms with E-state index >= 15 is 0 Å². The van der Waals surface area contributed by atoms with Gasteiger partial charge < -0.3 is 19.1 Å².